The summed E-state index contributed by atoms with van der Waals surface area (Å²) in [6, 6.07) is 9.34. The molecule has 2 aromatic heterocycles. The van der Waals surface area contributed by atoms with Crippen molar-refractivity contribution in [2.24, 2.45) is 0 Å². The van der Waals surface area contributed by atoms with Crippen LogP contribution in [0.15, 0.2) is 42.7 Å². The number of rotatable bonds is 6. The number of aromatic carboxylic acids is 1. The van der Waals surface area contributed by atoms with Gasteiger partial charge in [-0.1, -0.05) is 12.1 Å². The number of hydrogen-bond acceptors (Lipinski definition) is 5. The first-order chi connectivity index (χ1) is 14.0. The first-order valence-electron chi connectivity index (χ1n) is 9.25. The van der Waals surface area contributed by atoms with Crippen molar-refractivity contribution in [1.82, 2.24) is 24.5 Å². The predicted octanol–water partition coefficient (Wildman–Crippen LogP) is 1.42. The highest BCUT2D eigenvalue weighted by Crippen LogP contribution is 2.24. The van der Waals surface area contributed by atoms with Crippen molar-refractivity contribution >= 4 is 11.9 Å². The number of carbonyl (C=O) groups excluding carboxylic acids is 1. The first-order valence-corrected chi connectivity index (χ1v) is 9.25. The van der Waals surface area contributed by atoms with Gasteiger partial charge in [0.2, 0.25) is 5.91 Å². The van der Waals surface area contributed by atoms with E-state index >= 15 is 0 Å². The van der Waals surface area contributed by atoms with Crippen LogP contribution in [0.1, 0.15) is 27.3 Å². The molecule has 150 valence electrons. The highest BCUT2D eigenvalue weighted by molar-refractivity contribution is 5.88. The molecule has 0 radical (unpaired) electrons. The van der Waals surface area contributed by atoms with Crippen LogP contribution >= 0.6 is 0 Å². The number of ether oxygens (including phenoxy) is 1. The summed E-state index contributed by atoms with van der Waals surface area (Å²) < 4.78 is 8.54. The molecule has 9 heteroatoms. The molecule has 0 saturated carbocycles. The van der Waals surface area contributed by atoms with E-state index in [1.807, 2.05) is 24.3 Å². The van der Waals surface area contributed by atoms with Crippen LogP contribution in [0.25, 0.3) is 0 Å². The Kier molecular flexibility index (Phi) is 5.03. The van der Waals surface area contributed by atoms with Crippen LogP contribution in [-0.4, -0.2) is 55.1 Å². The summed E-state index contributed by atoms with van der Waals surface area (Å²) in [4.78, 5) is 26.0. The topological polar surface area (TPSA) is 102 Å². The SMILES string of the molecule is COc1cccc(Cn2nc(C(=O)O)c3c2CCN(C(=O)Cn2cccn2)C3)c1. The third-order valence-corrected chi connectivity index (χ3v) is 5.01. The van der Waals surface area contributed by atoms with Crippen LogP contribution in [0, 0.1) is 0 Å². The van der Waals surface area contributed by atoms with E-state index in [0.29, 0.717) is 25.1 Å². The van der Waals surface area contributed by atoms with Gasteiger partial charge in [0, 0.05) is 43.2 Å². The van der Waals surface area contributed by atoms with Crippen molar-refractivity contribution < 1.29 is 19.4 Å². The minimum Gasteiger partial charge on any atom is -0.497 e. The maximum absolute atomic E-state index is 12.6. The van der Waals surface area contributed by atoms with Crippen molar-refractivity contribution in [2.45, 2.75) is 26.1 Å². The Balaban J connectivity index is 1.58. The highest BCUT2D eigenvalue weighted by Gasteiger charge is 2.30. The number of carbonyl (C=O) groups is 2. The zero-order chi connectivity index (χ0) is 20.4. The maximum Gasteiger partial charge on any atom is 0.356 e. The van der Waals surface area contributed by atoms with Gasteiger partial charge in [0.1, 0.15) is 12.3 Å². The fourth-order valence-electron chi connectivity index (χ4n) is 3.58. The molecule has 29 heavy (non-hydrogen) atoms. The number of carboxylic acid groups (broad SMARTS) is 1. The molecule has 0 saturated heterocycles. The molecule has 0 spiro atoms. The van der Waals surface area contributed by atoms with E-state index in [1.165, 1.54) is 0 Å². The molecule has 1 aromatic carbocycles. The lowest BCUT2D eigenvalue weighted by Gasteiger charge is -2.27. The Bertz CT molecular complexity index is 1040. The van der Waals surface area contributed by atoms with Crippen LogP contribution < -0.4 is 4.74 Å². The second-order valence-corrected chi connectivity index (χ2v) is 6.86. The maximum atomic E-state index is 12.6. The number of amides is 1. The van der Waals surface area contributed by atoms with Crippen LogP contribution in [0.4, 0.5) is 0 Å². The van der Waals surface area contributed by atoms with Crippen molar-refractivity contribution in [3.8, 4) is 5.75 Å². The molecule has 0 fully saturated rings. The van der Waals surface area contributed by atoms with Gasteiger partial charge in [-0.2, -0.15) is 10.2 Å². The van der Waals surface area contributed by atoms with Gasteiger partial charge in [0.15, 0.2) is 5.69 Å². The number of hydrogen-bond donors (Lipinski definition) is 1. The molecule has 1 N–H and O–H groups in total. The zero-order valence-corrected chi connectivity index (χ0v) is 16.0. The molecule has 1 amide bonds. The summed E-state index contributed by atoms with van der Waals surface area (Å²) in [7, 11) is 1.60. The Morgan fingerprint density at radius 3 is 2.86 bits per heavy atom. The zero-order valence-electron chi connectivity index (χ0n) is 16.0. The molecule has 0 unspecified atom stereocenters. The Morgan fingerprint density at radius 2 is 2.14 bits per heavy atom. The number of carboxylic acids is 1. The standard InChI is InChI=1S/C20H21N5O4/c1-29-15-5-2-4-14(10-15)11-25-17-6-9-23(12-16(17)19(22-25)20(27)28)18(26)13-24-8-3-7-21-24/h2-5,7-8,10H,6,9,11-13H2,1H3,(H,27,28). The van der Waals surface area contributed by atoms with E-state index in [2.05, 4.69) is 10.2 Å². The van der Waals surface area contributed by atoms with Crippen molar-refractivity contribution in [1.29, 1.82) is 0 Å². The van der Waals surface area contributed by atoms with Crippen LogP contribution in [0.3, 0.4) is 0 Å². The molecule has 1 aliphatic rings. The summed E-state index contributed by atoms with van der Waals surface area (Å²) in [6.45, 7) is 1.31. The van der Waals surface area contributed by atoms with Crippen molar-refractivity contribution in [3.63, 3.8) is 0 Å². The van der Waals surface area contributed by atoms with Gasteiger partial charge >= 0.3 is 5.97 Å². The molecule has 3 heterocycles. The molecule has 1 aliphatic heterocycles. The summed E-state index contributed by atoms with van der Waals surface area (Å²) >= 11 is 0. The van der Waals surface area contributed by atoms with Crippen LogP contribution in [-0.2, 0) is 30.8 Å². The Hall–Kier alpha value is -3.62. The van der Waals surface area contributed by atoms with Crippen LogP contribution in [0.5, 0.6) is 5.75 Å². The van der Waals surface area contributed by atoms with Gasteiger partial charge in [-0.05, 0) is 23.8 Å². The number of aromatic nitrogens is 4. The molecule has 0 aliphatic carbocycles. The van der Waals surface area contributed by atoms with Gasteiger partial charge in [-0.25, -0.2) is 4.79 Å². The second-order valence-electron chi connectivity index (χ2n) is 6.86. The smallest absolute Gasteiger partial charge is 0.356 e. The largest absolute Gasteiger partial charge is 0.497 e. The first kappa shape index (κ1) is 18.7. The van der Waals surface area contributed by atoms with Gasteiger partial charge in [-0.3, -0.25) is 14.2 Å². The van der Waals surface area contributed by atoms with Gasteiger partial charge < -0.3 is 14.7 Å². The summed E-state index contributed by atoms with van der Waals surface area (Å²) in [5.74, 6) is -0.458. The number of methoxy groups -OCH3 is 1. The predicted molar refractivity (Wildman–Crippen MR) is 103 cm³/mol. The average Bonchev–Trinajstić information content (AvgIpc) is 3.36. The van der Waals surface area contributed by atoms with E-state index in [9.17, 15) is 14.7 Å². The molecule has 0 atom stereocenters. The fraction of sp³-hybridized carbons (Fsp3) is 0.300. The van der Waals surface area contributed by atoms with E-state index in [4.69, 9.17) is 4.74 Å². The van der Waals surface area contributed by atoms with E-state index in [-0.39, 0.29) is 24.7 Å². The van der Waals surface area contributed by atoms with E-state index in [0.717, 1.165) is 17.0 Å². The molecule has 9 nitrogen and oxygen atoms in total. The minimum atomic E-state index is -1.09. The lowest BCUT2D eigenvalue weighted by molar-refractivity contribution is -0.133. The number of nitrogens with zero attached hydrogens (tertiary/aromatic N) is 5. The quantitative estimate of drug-likeness (QED) is 0.677. The second kappa shape index (κ2) is 7.78. The normalized spacial score (nSPS) is 13.2. The lowest BCUT2D eigenvalue weighted by atomic mass is 10.0. The van der Waals surface area contributed by atoms with Crippen molar-refractivity contribution in [3.05, 3.63) is 65.2 Å². The summed E-state index contributed by atoms with van der Waals surface area (Å²) in [5, 5.41) is 18.0. The highest BCUT2D eigenvalue weighted by atomic mass is 16.5. The van der Waals surface area contributed by atoms with Crippen molar-refractivity contribution in [2.75, 3.05) is 13.7 Å². The average molecular weight is 395 g/mol. The number of benzene rings is 1. The fourth-order valence-corrected chi connectivity index (χ4v) is 3.58. The third-order valence-electron chi connectivity index (χ3n) is 5.01. The van der Waals surface area contributed by atoms with E-state index in [1.54, 1.807) is 39.8 Å². The lowest BCUT2D eigenvalue weighted by Crippen LogP contribution is -2.38. The van der Waals surface area contributed by atoms with Gasteiger partial charge in [-0.15, -0.1) is 0 Å². The molecule has 4 rings (SSSR count). The Labute approximate surface area is 167 Å². The molecule has 0 bridgehead atoms. The third kappa shape index (κ3) is 3.84. The monoisotopic (exact) mass is 395 g/mol. The van der Waals surface area contributed by atoms with Gasteiger partial charge in [0.25, 0.3) is 0 Å². The summed E-state index contributed by atoms with van der Waals surface area (Å²) in [6.07, 6.45) is 3.89. The van der Waals surface area contributed by atoms with E-state index < -0.39 is 5.97 Å². The molecular formula is C20H21N5O4. The molecule has 3 aromatic rings. The molecular weight excluding hydrogens is 374 g/mol. The number of fused-ring (bicyclic) bond motifs is 1. The minimum absolute atomic E-state index is 0.000477. The van der Waals surface area contributed by atoms with Gasteiger partial charge in [0.05, 0.1) is 13.7 Å². The van der Waals surface area contributed by atoms with Crippen LogP contribution in [0.2, 0.25) is 0 Å². The summed E-state index contributed by atoms with van der Waals surface area (Å²) in [5.41, 5.74) is 2.41. The Morgan fingerprint density at radius 1 is 1.28 bits per heavy atom.